The van der Waals surface area contributed by atoms with E-state index >= 15 is 0 Å². The number of aromatic amines is 1. The third-order valence-corrected chi connectivity index (χ3v) is 4.29. The summed E-state index contributed by atoms with van der Waals surface area (Å²) in [6.07, 6.45) is 2.63. The average Bonchev–Trinajstić information content (AvgIpc) is 2.89. The van der Waals surface area contributed by atoms with Crippen LogP contribution < -0.4 is 4.72 Å². The number of halogens is 1. The van der Waals surface area contributed by atoms with E-state index in [1.54, 1.807) is 14.0 Å². The Morgan fingerprint density at radius 3 is 2.72 bits per heavy atom. The van der Waals surface area contributed by atoms with Crippen molar-refractivity contribution in [3.8, 4) is 0 Å². The van der Waals surface area contributed by atoms with Crippen LogP contribution in [0.3, 0.4) is 0 Å². The van der Waals surface area contributed by atoms with Gasteiger partial charge in [0.25, 0.3) is 10.0 Å². The molecule has 1 unspecified atom stereocenters. The number of hydrogen-bond acceptors (Lipinski definition) is 5. The summed E-state index contributed by atoms with van der Waals surface area (Å²) < 4.78 is 27.9. The van der Waals surface area contributed by atoms with E-state index in [1.165, 1.54) is 17.2 Å². The fourth-order valence-electron chi connectivity index (χ4n) is 1.34. The molecule has 2 rings (SSSR count). The van der Waals surface area contributed by atoms with Gasteiger partial charge in [0.05, 0.1) is 12.4 Å². The Morgan fingerprint density at radius 2 is 2.22 bits per heavy atom. The minimum atomic E-state index is -3.80. The molecule has 0 fully saturated rings. The van der Waals surface area contributed by atoms with Crippen LogP contribution in [-0.4, -0.2) is 33.2 Å². The van der Waals surface area contributed by atoms with E-state index in [2.05, 4.69) is 24.9 Å². The lowest BCUT2D eigenvalue weighted by atomic mass is 10.3. The molecule has 2 heterocycles. The molecule has 0 bridgehead atoms. The Morgan fingerprint density at radius 1 is 1.50 bits per heavy atom. The lowest BCUT2D eigenvalue weighted by Crippen LogP contribution is -2.28. The molecule has 2 aromatic rings. The second-order valence-corrected chi connectivity index (χ2v) is 5.65. The maximum atomic E-state index is 12.0. The largest absolute Gasteiger partial charge is 0.324 e. The second-order valence-electron chi connectivity index (χ2n) is 3.67. The lowest BCUT2D eigenvalue weighted by Gasteiger charge is -2.10. The van der Waals surface area contributed by atoms with Crippen molar-refractivity contribution >= 4 is 21.6 Å². The maximum Gasteiger partial charge on any atom is 0.261 e. The van der Waals surface area contributed by atoms with E-state index in [4.69, 9.17) is 11.6 Å². The first-order chi connectivity index (χ1) is 8.42. The van der Waals surface area contributed by atoms with E-state index in [-0.39, 0.29) is 10.2 Å². The highest BCUT2D eigenvalue weighted by Crippen LogP contribution is 2.20. The number of H-pyrrole nitrogens is 1. The lowest BCUT2D eigenvalue weighted by molar-refractivity contribution is 0.557. The highest BCUT2D eigenvalue weighted by atomic mass is 35.5. The number of sulfonamides is 1. The Balaban J connectivity index is 2.25. The number of nitrogens with zero attached hydrogens (tertiary/aromatic N) is 4. The molecule has 2 N–H and O–H groups in total. The summed E-state index contributed by atoms with van der Waals surface area (Å²) >= 11 is 5.85. The van der Waals surface area contributed by atoms with Gasteiger partial charge in [-0.15, -0.1) is 0 Å². The summed E-state index contributed by atoms with van der Waals surface area (Å²) in [5.74, 6) is 0.408. The molecule has 0 saturated carbocycles. The molecule has 0 radical (unpaired) electrons. The van der Waals surface area contributed by atoms with Gasteiger partial charge in [0, 0.05) is 7.05 Å². The molecular formula is C8H11ClN6O2S. The average molecular weight is 291 g/mol. The molecule has 98 valence electrons. The molecule has 0 spiro atoms. The topological polar surface area (TPSA) is 106 Å². The standard InChI is InChI=1S/C8H11ClN6O2S/c1-5(7-10-3-12-13-7)14-18(16,17)8-6(9)15(2)4-11-8/h3-5,14H,1-2H3,(H,10,12,13). The molecule has 0 aliphatic rings. The van der Waals surface area contributed by atoms with Crippen LogP contribution in [0.15, 0.2) is 17.7 Å². The zero-order chi connectivity index (χ0) is 13.3. The monoisotopic (exact) mass is 290 g/mol. The Labute approximate surface area is 108 Å². The molecule has 0 aromatic carbocycles. The maximum absolute atomic E-state index is 12.0. The van der Waals surface area contributed by atoms with Gasteiger partial charge < -0.3 is 4.57 Å². The number of rotatable bonds is 4. The molecule has 0 amide bonds. The zero-order valence-electron chi connectivity index (χ0n) is 9.62. The van der Waals surface area contributed by atoms with Gasteiger partial charge in [0.15, 0.2) is 0 Å². The van der Waals surface area contributed by atoms with Crippen molar-refractivity contribution in [2.45, 2.75) is 18.0 Å². The number of aromatic nitrogens is 5. The minimum absolute atomic E-state index is 0.0484. The van der Waals surface area contributed by atoms with Gasteiger partial charge in [-0.1, -0.05) is 11.6 Å². The fourth-order valence-corrected chi connectivity index (χ4v) is 2.98. The Hall–Kier alpha value is -1.45. The van der Waals surface area contributed by atoms with Crippen molar-refractivity contribution in [1.29, 1.82) is 0 Å². The predicted octanol–water partition coefficient (Wildman–Crippen LogP) is 0.231. The van der Waals surface area contributed by atoms with Gasteiger partial charge in [-0.2, -0.15) is 9.82 Å². The summed E-state index contributed by atoms with van der Waals surface area (Å²) in [4.78, 5) is 7.63. The van der Waals surface area contributed by atoms with Crippen LogP contribution in [0.4, 0.5) is 0 Å². The molecule has 2 aromatic heterocycles. The van der Waals surface area contributed by atoms with E-state index in [0.717, 1.165) is 0 Å². The molecule has 0 aliphatic carbocycles. The summed E-state index contributed by atoms with van der Waals surface area (Å²) in [6, 6.07) is -0.560. The summed E-state index contributed by atoms with van der Waals surface area (Å²) in [5.41, 5.74) is 0. The number of aryl methyl sites for hydroxylation is 1. The van der Waals surface area contributed by atoms with Crippen molar-refractivity contribution in [3.63, 3.8) is 0 Å². The van der Waals surface area contributed by atoms with Crippen LogP contribution in [-0.2, 0) is 17.1 Å². The first-order valence-electron chi connectivity index (χ1n) is 4.96. The quantitative estimate of drug-likeness (QED) is 0.838. The number of imidazole rings is 1. The van der Waals surface area contributed by atoms with Crippen molar-refractivity contribution in [3.05, 3.63) is 23.6 Å². The van der Waals surface area contributed by atoms with Gasteiger partial charge in [-0.25, -0.2) is 18.4 Å². The third-order valence-electron chi connectivity index (χ3n) is 2.26. The fraction of sp³-hybridized carbons (Fsp3) is 0.375. The van der Waals surface area contributed by atoms with Crippen LogP contribution in [0, 0.1) is 0 Å². The van der Waals surface area contributed by atoms with E-state index in [9.17, 15) is 8.42 Å². The van der Waals surface area contributed by atoms with Crippen LogP contribution in [0.25, 0.3) is 0 Å². The van der Waals surface area contributed by atoms with Crippen LogP contribution in [0.5, 0.6) is 0 Å². The molecule has 1 atom stereocenters. The third kappa shape index (κ3) is 2.37. The van der Waals surface area contributed by atoms with Crippen molar-refractivity contribution in [2.24, 2.45) is 7.05 Å². The number of nitrogens with one attached hydrogen (secondary N) is 2. The second kappa shape index (κ2) is 4.67. The zero-order valence-corrected chi connectivity index (χ0v) is 11.2. The van der Waals surface area contributed by atoms with E-state index in [0.29, 0.717) is 5.82 Å². The first-order valence-corrected chi connectivity index (χ1v) is 6.82. The van der Waals surface area contributed by atoms with Crippen LogP contribution >= 0.6 is 11.6 Å². The van der Waals surface area contributed by atoms with Gasteiger partial charge in [-0.05, 0) is 6.92 Å². The van der Waals surface area contributed by atoms with Crippen molar-refractivity contribution in [1.82, 2.24) is 29.5 Å². The Bertz CT molecular complexity index is 635. The molecular weight excluding hydrogens is 280 g/mol. The smallest absolute Gasteiger partial charge is 0.261 e. The van der Waals surface area contributed by atoms with Gasteiger partial charge >= 0.3 is 0 Å². The molecule has 18 heavy (non-hydrogen) atoms. The predicted molar refractivity (Wildman–Crippen MR) is 63.3 cm³/mol. The van der Waals surface area contributed by atoms with Gasteiger partial charge in [-0.3, -0.25) is 5.10 Å². The van der Waals surface area contributed by atoms with Crippen LogP contribution in [0.1, 0.15) is 18.8 Å². The van der Waals surface area contributed by atoms with Crippen molar-refractivity contribution < 1.29 is 8.42 Å². The number of hydrogen-bond donors (Lipinski definition) is 2. The van der Waals surface area contributed by atoms with E-state index in [1.807, 2.05) is 0 Å². The first kappa shape index (κ1) is 13.0. The summed E-state index contributed by atoms with van der Waals surface area (Å²) in [6.45, 7) is 1.63. The molecule has 8 nitrogen and oxygen atoms in total. The molecule has 0 saturated heterocycles. The summed E-state index contributed by atoms with van der Waals surface area (Å²) in [5, 5.41) is 6.07. The molecule has 10 heteroatoms. The summed E-state index contributed by atoms with van der Waals surface area (Å²) in [7, 11) is -2.19. The SMILES string of the molecule is CC(NS(=O)(=O)c1ncn(C)c1Cl)c1ncn[nH]1. The normalized spacial score (nSPS) is 13.7. The van der Waals surface area contributed by atoms with E-state index < -0.39 is 16.1 Å². The highest BCUT2D eigenvalue weighted by Gasteiger charge is 2.25. The molecule has 0 aliphatic heterocycles. The van der Waals surface area contributed by atoms with Gasteiger partial charge in [0.2, 0.25) is 5.03 Å². The Kier molecular flexibility index (Phi) is 3.37. The van der Waals surface area contributed by atoms with Crippen LogP contribution in [0.2, 0.25) is 5.15 Å². The van der Waals surface area contributed by atoms with Gasteiger partial charge in [0.1, 0.15) is 17.3 Å². The minimum Gasteiger partial charge on any atom is -0.324 e. The van der Waals surface area contributed by atoms with Crippen molar-refractivity contribution in [2.75, 3.05) is 0 Å². The highest BCUT2D eigenvalue weighted by molar-refractivity contribution is 7.89.